The van der Waals surface area contributed by atoms with Gasteiger partial charge in [-0.15, -0.1) is 0 Å². The molecular formula is C17H19NO. The lowest BCUT2D eigenvalue weighted by atomic mass is 10.1. The highest BCUT2D eigenvalue weighted by Gasteiger charge is 2.25. The van der Waals surface area contributed by atoms with Crippen LogP contribution in [0.3, 0.4) is 0 Å². The average Bonchev–Trinajstić information content (AvgIpc) is 2.96. The van der Waals surface area contributed by atoms with Crippen LogP contribution in [0.2, 0.25) is 0 Å². The van der Waals surface area contributed by atoms with E-state index in [1.54, 1.807) is 0 Å². The number of hydrogen-bond acceptors (Lipinski definition) is 2. The van der Waals surface area contributed by atoms with Crippen molar-refractivity contribution in [2.45, 2.75) is 25.2 Å². The summed E-state index contributed by atoms with van der Waals surface area (Å²) in [6.07, 6.45) is 1.36. The van der Waals surface area contributed by atoms with Crippen molar-refractivity contribution < 1.29 is 4.74 Å². The number of ether oxygens (including phenoxy) is 1. The van der Waals surface area contributed by atoms with E-state index in [4.69, 9.17) is 4.74 Å². The van der Waals surface area contributed by atoms with Gasteiger partial charge in [-0.2, -0.15) is 0 Å². The third-order valence-electron chi connectivity index (χ3n) is 3.62. The Morgan fingerprint density at radius 2 is 1.63 bits per heavy atom. The van der Waals surface area contributed by atoms with Crippen molar-refractivity contribution in [2.24, 2.45) is 0 Å². The Labute approximate surface area is 114 Å². The van der Waals surface area contributed by atoms with Gasteiger partial charge in [0, 0.05) is 12.6 Å². The molecule has 0 aliphatic carbocycles. The Balaban J connectivity index is 1.52. The maximum atomic E-state index is 5.98. The van der Waals surface area contributed by atoms with Crippen LogP contribution in [0.25, 0.3) is 0 Å². The standard InChI is InChI=1S/C17H19NO/c1-3-7-14(8-4-1)13-19-16-11-17(18-12-16)15-9-5-2-6-10-15/h1-10,16-18H,11-13H2. The summed E-state index contributed by atoms with van der Waals surface area (Å²) < 4.78 is 5.98. The second-order valence-electron chi connectivity index (χ2n) is 5.03. The van der Waals surface area contributed by atoms with Crippen LogP contribution in [0.1, 0.15) is 23.6 Å². The summed E-state index contributed by atoms with van der Waals surface area (Å²) in [7, 11) is 0. The molecule has 0 saturated carbocycles. The maximum absolute atomic E-state index is 5.98. The van der Waals surface area contributed by atoms with E-state index in [0.717, 1.165) is 13.0 Å². The minimum Gasteiger partial charge on any atom is -0.372 e. The number of nitrogens with one attached hydrogen (secondary N) is 1. The van der Waals surface area contributed by atoms with Crippen molar-refractivity contribution in [2.75, 3.05) is 6.54 Å². The summed E-state index contributed by atoms with van der Waals surface area (Å²) in [5.41, 5.74) is 2.60. The predicted molar refractivity (Wildman–Crippen MR) is 76.8 cm³/mol. The molecule has 2 unspecified atom stereocenters. The molecule has 1 heterocycles. The van der Waals surface area contributed by atoms with Gasteiger partial charge in [0.25, 0.3) is 0 Å². The van der Waals surface area contributed by atoms with Gasteiger partial charge >= 0.3 is 0 Å². The largest absolute Gasteiger partial charge is 0.372 e. The van der Waals surface area contributed by atoms with Gasteiger partial charge in [-0.3, -0.25) is 0 Å². The van der Waals surface area contributed by atoms with Crippen LogP contribution in [0.5, 0.6) is 0 Å². The zero-order chi connectivity index (χ0) is 12.9. The normalized spacial score (nSPS) is 22.5. The van der Waals surface area contributed by atoms with E-state index in [1.807, 2.05) is 6.07 Å². The van der Waals surface area contributed by atoms with E-state index in [-0.39, 0.29) is 0 Å². The lowest BCUT2D eigenvalue weighted by molar-refractivity contribution is 0.0525. The van der Waals surface area contributed by atoms with Crippen LogP contribution >= 0.6 is 0 Å². The molecule has 1 aliphatic heterocycles. The van der Waals surface area contributed by atoms with Gasteiger partial charge in [-0.25, -0.2) is 0 Å². The van der Waals surface area contributed by atoms with Crippen molar-refractivity contribution in [3.63, 3.8) is 0 Å². The molecule has 1 N–H and O–H groups in total. The molecule has 0 spiro atoms. The zero-order valence-corrected chi connectivity index (χ0v) is 11.0. The van der Waals surface area contributed by atoms with Crippen molar-refractivity contribution in [1.82, 2.24) is 5.32 Å². The Bertz CT molecular complexity index is 497. The first kappa shape index (κ1) is 12.4. The molecule has 2 aromatic rings. The second-order valence-corrected chi connectivity index (χ2v) is 5.03. The third-order valence-corrected chi connectivity index (χ3v) is 3.62. The van der Waals surface area contributed by atoms with E-state index in [1.165, 1.54) is 11.1 Å². The predicted octanol–water partition coefficient (Wildman–Crippen LogP) is 3.31. The molecule has 0 bridgehead atoms. The van der Waals surface area contributed by atoms with Gasteiger partial charge in [0.2, 0.25) is 0 Å². The van der Waals surface area contributed by atoms with Crippen molar-refractivity contribution in [3.05, 3.63) is 71.8 Å². The highest BCUT2D eigenvalue weighted by molar-refractivity contribution is 5.20. The molecular weight excluding hydrogens is 234 g/mol. The van der Waals surface area contributed by atoms with E-state index >= 15 is 0 Å². The van der Waals surface area contributed by atoms with Crippen LogP contribution in [-0.2, 0) is 11.3 Å². The zero-order valence-electron chi connectivity index (χ0n) is 11.0. The van der Waals surface area contributed by atoms with Gasteiger partial charge in [0.15, 0.2) is 0 Å². The molecule has 1 aliphatic rings. The third kappa shape index (κ3) is 3.22. The Hall–Kier alpha value is -1.64. The summed E-state index contributed by atoms with van der Waals surface area (Å²) in [6, 6.07) is 21.4. The van der Waals surface area contributed by atoms with Crippen molar-refractivity contribution >= 4 is 0 Å². The fourth-order valence-electron chi connectivity index (χ4n) is 2.56. The summed E-state index contributed by atoms with van der Waals surface area (Å²) >= 11 is 0. The smallest absolute Gasteiger partial charge is 0.0722 e. The maximum Gasteiger partial charge on any atom is 0.0722 e. The first-order valence-electron chi connectivity index (χ1n) is 6.85. The lowest BCUT2D eigenvalue weighted by Gasteiger charge is -2.12. The van der Waals surface area contributed by atoms with Crippen LogP contribution in [0.15, 0.2) is 60.7 Å². The SMILES string of the molecule is c1ccc(COC2CNC(c3ccccc3)C2)cc1. The Morgan fingerprint density at radius 1 is 0.947 bits per heavy atom. The van der Waals surface area contributed by atoms with Gasteiger partial charge in [-0.05, 0) is 17.5 Å². The summed E-state index contributed by atoms with van der Waals surface area (Å²) in [6.45, 7) is 1.64. The van der Waals surface area contributed by atoms with E-state index in [0.29, 0.717) is 18.8 Å². The fraction of sp³-hybridized carbons (Fsp3) is 0.294. The second kappa shape index (κ2) is 6.00. The van der Waals surface area contributed by atoms with Gasteiger partial charge in [0.1, 0.15) is 0 Å². The van der Waals surface area contributed by atoms with Crippen LogP contribution in [-0.4, -0.2) is 12.6 Å². The quantitative estimate of drug-likeness (QED) is 0.902. The minimum absolute atomic E-state index is 0.311. The van der Waals surface area contributed by atoms with Crippen LogP contribution in [0, 0.1) is 0 Å². The fourth-order valence-corrected chi connectivity index (χ4v) is 2.56. The first-order valence-corrected chi connectivity index (χ1v) is 6.85. The van der Waals surface area contributed by atoms with Crippen molar-refractivity contribution in [1.29, 1.82) is 0 Å². The lowest BCUT2D eigenvalue weighted by Crippen LogP contribution is -2.17. The highest BCUT2D eigenvalue weighted by Crippen LogP contribution is 2.25. The first-order chi connectivity index (χ1) is 9.42. The van der Waals surface area contributed by atoms with Gasteiger partial charge in [0.05, 0.1) is 12.7 Å². The monoisotopic (exact) mass is 253 g/mol. The number of benzene rings is 2. The number of rotatable bonds is 4. The molecule has 2 nitrogen and oxygen atoms in total. The molecule has 0 radical (unpaired) electrons. The Morgan fingerprint density at radius 3 is 2.37 bits per heavy atom. The van der Waals surface area contributed by atoms with Crippen LogP contribution in [0.4, 0.5) is 0 Å². The van der Waals surface area contributed by atoms with E-state index in [2.05, 4.69) is 59.9 Å². The molecule has 1 fully saturated rings. The molecule has 2 atom stereocenters. The molecule has 1 saturated heterocycles. The average molecular weight is 253 g/mol. The number of hydrogen-bond donors (Lipinski definition) is 1. The molecule has 2 heteroatoms. The topological polar surface area (TPSA) is 21.3 Å². The van der Waals surface area contributed by atoms with E-state index < -0.39 is 0 Å². The highest BCUT2D eigenvalue weighted by atomic mass is 16.5. The summed E-state index contributed by atoms with van der Waals surface area (Å²) in [4.78, 5) is 0. The van der Waals surface area contributed by atoms with Gasteiger partial charge < -0.3 is 10.1 Å². The summed E-state index contributed by atoms with van der Waals surface area (Å²) in [5, 5.41) is 3.53. The molecule has 0 aromatic heterocycles. The minimum atomic E-state index is 0.311. The molecule has 19 heavy (non-hydrogen) atoms. The molecule has 2 aromatic carbocycles. The summed E-state index contributed by atoms with van der Waals surface area (Å²) in [5.74, 6) is 0. The van der Waals surface area contributed by atoms with E-state index in [9.17, 15) is 0 Å². The van der Waals surface area contributed by atoms with Gasteiger partial charge in [-0.1, -0.05) is 60.7 Å². The van der Waals surface area contributed by atoms with Crippen molar-refractivity contribution in [3.8, 4) is 0 Å². The molecule has 3 rings (SSSR count). The Kier molecular flexibility index (Phi) is 3.92. The van der Waals surface area contributed by atoms with Crippen LogP contribution < -0.4 is 5.32 Å². The molecule has 98 valence electrons. The molecule has 0 amide bonds.